The molecule has 1 aromatic rings. The Labute approximate surface area is 110 Å². The fraction of sp³-hybridized carbons (Fsp3) is 0.500. The van der Waals surface area contributed by atoms with E-state index in [0.717, 1.165) is 0 Å². The minimum absolute atomic E-state index is 0.103. The van der Waals surface area contributed by atoms with Crippen molar-refractivity contribution in [3.05, 3.63) is 29.3 Å². The molecule has 1 heterocycles. The van der Waals surface area contributed by atoms with Gasteiger partial charge in [0, 0.05) is 11.4 Å². The zero-order valence-corrected chi connectivity index (χ0v) is 11.6. The third-order valence-corrected chi connectivity index (χ3v) is 3.92. The van der Waals surface area contributed by atoms with Gasteiger partial charge in [0.05, 0.1) is 11.7 Å². The average molecular weight is 269 g/mol. The first-order chi connectivity index (χ1) is 8.25. The first kappa shape index (κ1) is 14.9. The molecule has 0 saturated carbocycles. The van der Waals surface area contributed by atoms with Crippen molar-refractivity contribution in [2.24, 2.45) is 0 Å². The summed E-state index contributed by atoms with van der Waals surface area (Å²) in [5.74, 6) is -0.514. The first-order valence-electron chi connectivity index (χ1n) is 5.50. The molecule has 98 valence electrons. The zero-order valence-electron chi connectivity index (χ0n) is 10.8. The van der Waals surface area contributed by atoms with E-state index in [1.54, 1.807) is 6.92 Å². The molecule has 4 nitrogen and oxygen atoms in total. The van der Waals surface area contributed by atoms with Crippen LogP contribution in [0.4, 0.5) is 4.39 Å². The van der Waals surface area contributed by atoms with Gasteiger partial charge in [-0.3, -0.25) is 0 Å². The van der Waals surface area contributed by atoms with Crippen LogP contribution in [0, 0.1) is 17.1 Å². The number of nitriles is 1. The van der Waals surface area contributed by atoms with Crippen molar-refractivity contribution >= 4 is 11.4 Å². The van der Waals surface area contributed by atoms with Crippen LogP contribution in [-0.4, -0.2) is 14.3 Å². The second-order valence-corrected chi connectivity index (χ2v) is 6.89. The van der Waals surface area contributed by atoms with Gasteiger partial charge in [-0.1, -0.05) is 0 Å². The summed E-state index contributed by atoms with van der Waals surface area (Å²) in [5, 5.41) is 8.73. The summed E-state index contributed by atoms with van der Waals surface area (Å²) < 4.78 is 27.8. The summed E-state index contributed by atoms with van der Waals surface area (Å²) in [4.78, 5) is 3.89. The number of nitrogens with zero attached hydrogens (tertiary/aromatic N) is 2. The third kappa shape index (κ3) is 3.67. The number of pyridine rings is 1. The lowest BCUT2D eigenvalue weighted by Gasteiger charge is -2.26. The molecule has 0 unspecified atom stereocenters. The number of hydrogen-bond acceptors (Lipinski definition) is 4. The summed E-state index contributed by atoms with van der Waals surface area (Å²) in [6, 6.07) is 3.83. The summed E-state index contributed by atoms with van der Waals surface area (Å²) in [6.07, 6.45) is 0. The van der Waals surface area contributed by atoms with Gasteiger partial charge in [-0.25, -0.2) is 9.37 Å². The van der Waals surface area contributed by atoms with Gasteiger partial charge in [0.2, 0.25) is 0 Å². The number of nitrogens with one attached hydrogen (secondary N) is 1. The minimum atomic E-state index is -1.32. The second kappa shape index (κ2) is 5.65. The maximum atomic E-state index is 13.6. The summed E-state index contributed by atoms with van der Waals surface area (Å²) in [6.45, 7) is 7.12. The largest absolute Gasteiger partial charge is 0.598 e. The van der Waals surface area contributed by atoms with Crippen LogP contribution in [0.5, 0.6) is 0 Å². The van der Waals surface area contributed by atoms with Gasteiger partial charge < -0.3 is 4.55 Å². The molecule has 0 amide bonds. The van der Waals surface area contributed by atoms with E-state index in [0.29, 0.717) is 0 Å². The Bertz CT molecular complexity index is 467. The fourth-order valence-electron chi connectivity index (χ4n) is 1.22. The average Bonchev–Trinajstić information content (AvgIpc) is 2.28. The topological polar surface area (TPSA) is 71.8 Å². The lowest BCUT2D eigenvalue weighted by atomic mass is 10.2. The van der Waals surface area contributed by atoms with Crippen molar-refractivity contribution in [3.63, 3.8) is 0 Å². The molecule has 0 bridgehead atoms. The highest BCUT2D eigenvalue weighted by atomic mass is 32.2. The Morgan fingerprint density at radius 2 is 2.11 bits per heavy atom. The van der Waals surface area contributed by atoms with Gasteiger partial charge in [0.1, 0.15) is 22.3 Å². The highest BCUT2D eigenvalue weighted by Gasteiger charge is 2.29. The molecule has 1 rings (SSSR count). The smallest absolute Gasteiger partial charge is 0.146 e. The second-order valence-electron chi connectivity index (χ2n) is 4.90. The Morgan fingerprint density at radius 1 is 1.50 bits per heavy atom. The Balaban J connectivity index is 2.91. The van der Waals surface area contributed by atoms with Gasteiger partial charge in [0.25, 0.3) is 0 Å². The van der Waals surface area contributed by atoms with Crippen molar-refractivity contribution in [2.45, 2.75) is 38.5 Å². The molecule has 0 spiro atoms. The molecule has 0 aromatic carbocycles. The lowest BCUT2D eigenvalue weighted by molar-refractivity contribution is 0.516. The van der Waals surface area contributed by atoms with Crippen LogP contribution >= 0.6 is 0 Å². The van der Waals surface area contributed by atoms with Crippen LogP contribution in [0.2, 0.25) is 0 Å². The number of aromatic nitrogens is 1. The fourth-order valence-corrected chi connectivity index (χ4v) is 2.00. The number of halogens is 1. The van der Waals surface area contributed by atoms with Gasteiger partial charge in [0.15, 0.2) is 0 Å². The third-order valence-electron chi connectivity index (χ3n) is 2.24. The molecular formula is C12H16FN3OS. The Kier molecular flexibility index (Phi) is 4.68. The van der Waals surface area contributed by atoms with E-state index >= 15 is 0 Å². The highest BCUT2D eigenvalue weighted by molar-refractivity contribution is 7.90. The van der Waals surface area contributed by atoms with E-state index in [-0.39, 0.29) is 11.4 Å². The number of rotatable bonds is 3. The lowest BCUT2D eigenvalue weighted by Crippen LogP contribution is -2.41. The van der Waals surface area contributed by atoms with Crippen molar-refractivity contribution in [1.82, 2.24) is 9.71 Å². The molecule has 2 atom stereocenters. The van der Waals surface area contributed by atoms with Gasteiger partial charge in [-0.05, 0) is 39.8 Å². The molecule has 0 aliphatic heterocycles. The molecule has 0 fully saturated rings. The van der Waals surface area contributed by atoms with E-state index < -0.39 is 28.0 Å². The molecule has 1 N–H and O–H groups in total. The van der Waals surface area contributed by atoms with Crippen molar-refractivity contribution in [1.29, 1.82) is 5.26 Å². The van der Waals surface area contributed by atoms with Gasteiger partial charge in [-0.15, -0.1) is 4.72 Å². The van der Waals surface area contributed by atoms with Crippen LogP contribution in [0.3, 0.4) is 0 Å². The summed E-state index contributed by atoms with van der Waals surface area (Å²) in [5.41, 5.74) is 0.244. The summed E-state index contributed by atoms with van der Waals surface area (Å²) in [7, 11) is 0. The number of hydrogen-bond donors (Lipinski definition) is 1. The zero-order chi connectivity index (χ0) is 13.9. The van der Waals surface area contributed by atoms with E-state index in [2.05, 4.69) is 9.71 Å². The Hall–Kier alpha value is -1.16. The van der Waals surface area contributed by atoms with E-state index in [9.17, 15) is 8.94 Å². The first-order valence-corrected chi connectivity index (χ1v) is 6.65. The molecule has 0 aliphatic carbocycles. The molecular weight excluding hydrogens is 253 g/mol. The van der Waals surface area contributed by atoms with Crippen LogP contribution in [0.25, 0.3) is 0 Å². The van der Waals surface area contributed by atoms with Gasteiger partial charge in [-0.2, -0.15) is 5.26 Å². The van der Waals surface area contributed by atoms with Crippen LogP contribution in [0.15, 0.2) is 12.1 Å². The molecule has 0 aliphatic rings. The maximum absolute atomic E-state index is 13.6. The van der Waals surface area contributed by atoms with Crippen molar-refractivity contribution < 1.29 is 8.94 Å². The monoisotopic (exact) mass is 269 g/mol. The van der Waals surface area contributed by atoms with Crippen LogP contribution in [0.1, 0.15) is 45.1 Å². The van der Waals surface area contributed by atoms with Gasteiger partial charge >= 0.3 is 0 Å². The molecule has 1 aromatic heterocycles. The van der Waals surface area contributed by atoms with E-state index in [4.69, 9.17) is 5.26 Å². The van der Waals surface area contributed by atoms with Crippen LogP contribution < -0.4 is 4.72 Å². The molecule has 18 heavy (non-hydrogen) atoms. The van der Waals surface area contributed by atoms with Crippen molar-refractivity contribution in [2.75, 3.05) is 0 Å². The molecule has 0 saturated heterocycles. The quantitative estimate of drug-likeness (QED) is 0.854. The molecule has 6 heteroatoms. The SMILES string of the molecule is C[C@H](N[S@@+]([O-])C(C)(C)C)c1nc(C#N)ccc1F. The highest BCUT2D eigenvalue weighted by Crippen LogP contribution is 2.20. The Morgan fingerprint density at radius 3 is 2.61 bits per heavy atom. The maximum Gasteiger partial charge on any atom is 0.146 e. The predicted octanol–water partition coefficient (Wildman–Crippen LogP) is 2.21. The van der Waals surface area contributed by atoms with E-state index in [1.807, 2.05) is 26.8 Å². The van der Waals surface area contributed by atoms with Crippen LogP contribution in [-0.2, 0) is 11.4 Å². The molecule has 0 radical (unpaired) electrons. The normalized spacial score (nSPS) is 14.9. The minimum Gasteiger partial charge on any atom is -0.598 e. The predicted molar refractivity (Wildman–Crippen MR) is 68.4 cm³/mol. The standard InChI is InChI=1S/C12H16FN3OS/c1-8(16-18(17)12(2,3)4)11-10(13)6-5-9(7-14)15-11/h5-6,8,16H,1-4H3/t8-,18-/m0/s1. The van der Waals surface area contributed by atoms with E-state index in [1.165, 1.54) is 12.1 Å². The van der Waals surface area contributed by atoms with Crippen molar-refractivity contribution in [3.8, 4) is 6.07 Å². The summed E-state index contributed by atoms with van der Waals surface area (Å²) >= 11 is -1.32.